The number of sulfone groups is 2. The molecule has 0 spiro atoms. The maximum atomic E-state index is 11.4. The Bertz CT molecular complexity index is 454. The van der Waals surface area contributed by atoms with E-state index < -0.39 is 23.8 Å². The molecule has 0 aromatic carbocycles. The Morgan fingerprint density at radius 1 is 1.29 bits per heavy atom. The molecule has 0 aromatic rings. The summed E-state index contributed by atoms with van der Waals surface area (Å²) in [5, 5.41) is 0. The summed E-state index contributed by atoms with van der Waals surface area (Å²) in [6.07, 6.45) is 0. The van der Waals surface area contributed by atoms with Crippen molar-refractivity contribution in [2.45, 2.75) is 24.9 Å². The second-order valence-corrected chi connectivity index (χ2v) is 8.48. The van der Waals surface area contributed by atoms with Crippen LogP contribution in [0, 0.1) is 0 Å². The van der Waals surface area contributed by atoms with Gasteiger partial charge in [-0.05, 0) is 13.8 Å². The van der Waals surface area contributed by atoms with Crippen molar-refractivity contribution in [1.29, 1.82) is 0 Å². The molecule has 0 aliphatic heterocycles. The van der Waals surface area contributed by atoms with Gasteiger partial charge in [0.15, 0.2) is 13.9 Å². The van der Waals surface area contributed by atoms with E-state index in [1.165, 1.54) is 6.92 Å². The van der Waals surface area contributed by atoms with Crippen LogP contribution in [0.4, 0.5) is 0 Å². The Morgan fingerprint density at radius 3 is 2.00 bits per heavy atom. The summed E-state index contributed by atoms with van der Waals surface area (Å²) in [5.41, 5.74) is 8.34. The van der Waals surface area contributed by atoms with E-state index in [1.807, 2.05) is 0 Å². The minimum absolute atomic E-state index is 0.236. The highest BCUT2D eigenvalue weighted by Gasteiger charge is 2.47. The molecule has 0 aromatic heterocycles. The molecule has 14 heavy (non-hydrogen) atoms. The van der Waals surface area contributed by atoms with Gasteiger partial charge in [0.05, 0.1) is 0 Å². The molecular formula is C6H12N2O4S2. The van der Waals surface area contributed by atoms with Gasteiger partial charge in [0.2, 0.25) is 0 Å². The molecule has 0 saturated carbocycles. The van der Waals surface area contributed by atoms with E-state index in [2.05, 4.69) is 4.79 Å². The largest absolute Gasteiger partial charge is 0.371 e. The smallest absolute Gasteiger partial charge is 0.361 e. The molecule has 0 amide bonds. The fourth-order valence-electron chi connectivity index (χ4n) is 0.714. The van der Waals surface area contributed by atoms with Gasteiger partial charge in [0.1, 0.15) is 0 Å². The average molecular weight is 240 g/mol. The van der Waals surface area contributed by atoms with Crippen LogP contribution in [0.1, 0.15) is 20.8 Å². The zero-order valence-electron chi connectivity index (χ0n) is 8.13. The molecule has 8 heteroatoms. The molecule has 0 fully saturated rings. The summed E-state index contributed by atoms with van der Waals surface area (Å²) in [7, 11) is -7.88. The van der Waals surface area contributed by atoms with Gasteiger partial charge in [-0.25, -0.2) is 16.8 Å². The van der Waals surface area contributed by atoms with Crippen molar-refractivity contribution in [2.24, 2.45) is 0 Å². The quantitative estimate of drug-likeness (QED) is 0.294. The minimum atomic E-state index is -4.11. The maximum absolute atomic E-state index is 11.4. The molecule has 0 radical (unpaired) electrons. The first kappa shape index (κ1) is 13.3. The third-order valence-corrected chi connectivity index (χ3v) is 7.46. The molecular weight excluding hydrogens is 228 g/mol. The van der Waals surface area contributed by atoms with Crippen LogP contribution in [0.2, 0.25) is 0 Å². The Kier molecular flexibility index (Phi) is 3.60. The SMILES string of the molecule is CCS(=O)(=O)C(C)(C)S(=O)(=O)C=[N+]=[N-]. The van der Waals surface area contributed by atoms with Crippen molar-refractivity contribution in [3.05, 3.63) is 5.53 Å². The molecule has 0 rings (SSSR count). The summed E-state index contributed by atoms with van der Waals surface area (Å²) < 4.78 is 43.6. The molecule has 0 aliphatic rings. The zero-order valence-corrected chi connectivity index (χ0v) is 9.76. The van der Waals surface area contributed by atoms with Crippen LogP contribution in [0.3, 0.4) is 0 Å². The van der Waals surface area contributed by atoms with Gasteiger partial charge in [-0.15, -0.1) is 0 Å². The highest BCUT2D eigenvalue weighted by Crippen LogP contribution is 2.23. The normalized spacial score (nSPS) is 13.4. The van der Waals surface area contributed by atoms with Gasteiger partial charge in [0.25, 0.3) is 9.84 Å². The lowest BCUT2D eigenvalue weighted by atomic mass is 10.5. The topological polar surface area (TPSA) is 105 Å². The summed E-state index contributed by atoms with van der Waals surface area (Å²) in [4.78, 5) is 2.34. The molecule has 0 N–H and O–H groups in total. The Labute approximate surface area is 83.4 Å². The molecule has 0 unspecified atom stereocenters. The first-order valence-electron chi connectivity index (χ1n) is 3.76. The van der Waals surface area contributed by atoms with Gasteiger partial charge in [0, 0.05) is 5.75 Å². The van der Waals surface area contributed by atoms with Gasteiger partial charge >= 0.3 is 5.55 Å². The van der Waals surface area contributed by atoms with Crippen molar-refractivity contribution >= 4 is 25.2 Å². The molecule has 6 nitrogen and oxygen atoms in total. The fraction of sp³-hybridized carbons (Fsp3) is 0.833. The van der Waals surface area contributed by atoms with Crippen LogP contribution in [0.15, 0.2) is 0 Å². The van der Waals surface area contributed by atoms with E-state index >= 15 is 0 Å². The zero-order chi connectivity index (χ0) is 11.6. The van der Waals surface area contributed by atoms with Crippen LogP contribution in [-0.4, -0.2) is 37.0 Å². The Morgan fingerprint density at radius 2 is 1.71 bits per heavy atom. The maximum Gasteiger partial charge on any atom is 0.371 e. The Balaban J connectivity index is 5.74. The number of rotatable bonds is 4. The van der Waals surface area contributed by atoms with Crippen LogP contribution < -0.4 is 0 Å². The molecule has 0 bridgehead atoms. The minimum Gasteiger partial charge on any atom is -0.361 e. The molecule has 0 aliphatic carbocycles. The predicted molar refractivity (Wildman–Crippen MR) is 52.1 cm³/mol. The summed E-state index contributed by atoms with van der Waals surface area (Å²) in [6, 6.07) is 0. The van der Waals surface area contributed by atoms with Crippen LogP contribution in [-0.2, 0) is 19.7 Å². The predicted octanol–water partition coefficient (Wildman–Crippen LogP) is -0.170. The monoisotopic (exact) mass is 240 g/mol. The highest BCUT2D eigenvalue weighted by atomic mass is 32.3. The molecule has 0 atom stereocenters. The molecule has 0 saturated heterocycles. The highest BCUT2D eigenvalue weighted by molar-refractivity contribution is 8.17. The van der Waals surface area contributed by atoms with E-state index in [9.17, 15) is 16.8 Å². The van der Waals surface area contributed by atoms with E-state index in [-0.39, 0.29) is 11.3 Å². The van der Waals surface area contributed by atoms with Gasteiger partial charge in [-0.3, -0.25) is 0 Å². The fourth-order valence-corrected chi connectivity index (χ4v) is 3.69. The lowest BCUT2D eigenvalue weighted by molar-refractivity contribution is 0.00745. The number of hydrogen-bond acceptors (Lipinski definition) is 4. The van der Waals surface area contributed by atoms with Crippen molar-refractivity contribution in [1.82, 2.24) is 0 Å². The first-order valence-corrected chi connectivity index (χ1v) is 6.96. The van der Waals surface area contributed by atoms with Crippen LogP contribution >= 0.6 is 0 Å². The van der Waals surface area contributed by atoms with Crippen molar-refractivity contribution in [3.63, 3.8) is 0 Å². The lowest BCUT2D eigenvalue weighted by Gasteiger charge is -2.19. The van der Waals surface area contributed by atoms with E-state index in [1.54, 1.807) is 0 Å². The first-order chi connectivity index (χ1) is 6.12. The summed E-state index contributed by atoms with van der Waals surface area (Å²) in [6.45, 7) is 3.47. The lowest BCUT2D eigenvalue weighted by Crippen LogP contribution is -2.42. The summed E-state index contributed by atoms with van der Waals surface area (Å²) in [5.74, 6) is -0.293. The summed E-state index contributed by atoms with van der Waals surface area (Å²) >= 11 is 0. The van der Waals surface area contributed by atoms with Crippen molar-refractivity contribution in [3.8, 4) is 0 Å². The van der Waals surface area contributed by atoms with Crippen LogP contribution in [0.25, 0.3) is 5.53 Å². The van der Waals surface area contributed by atoms with Crippen molar-refractivity contribution < 1.29 is 21.6 Å². The third-order valence-electron chi connectivity index (χ3n) is 2.00. The van der Waals surface area contributed by atoms with Gasteiger partial charge in [-0.2, -0.15) is 4.79 Å². The van der Waals surface area contributed by atoms with E-state index in [4.69, 9.17) is 5.53 Å². The third kappa shape index (κ3) is 2.02. The number of hydrogen-bond donors (Lipinski definition) is 0. The molecule has 82 valence electrons. The van der Waals surface area contributed by atoms with Crippen LogP contribution in [0.5, 0.6) is 0 Å². The molecule has 0 heterocycles. The second kappa shape index (κ2) is 3.80. The number of nitrogens with zero attached hydrogens (tertiary/aromatic N) is 2. The van der Waals surface area contributed by atoms with E-state index in [0.29, 0.717) is 0 Å². The average Bonchev–Trinajstić information content (AvgIpc) is 2.03. The standard InChI is InChI=1S/C6H12N2O4S2/c1-4-13(9,10)6(2,3)14(11,12)5-8-7/h5H,4H2,1-3H3. The Hall–Kier alpha value is -0.720. The van der Waals surface area contributed by atoms with Gasteiger partial charge in [-0.1, -0.05) is 6.92 Å². The second-order valence-electron chi connectivity index (χ2n) is 3.07. The van der Waals surface area contributed by atoms with Crippen molar-refractivity contribution in [2.75, 3.05) is 5.75 Å². The van der Waals surface area contributed by atoms with Gasteiger partial charge < -0.3 is 5.53 Å². The van der Waals surface area contributed by atoms with E-state index in [0.717, 1.165) is 13.8 Å².